The maximum atomic E-state index is 12.2. The molecule has 0 fully saturated rings. The van der Waals surface area contributed by atoms with E-state index in [1.54, 1.807) is 42.6 Å². The van der Waals surface area contributed by atoms with Gasteiger partial charge < -0.3 is 4.98 Å². The summed E-state index contributed by atoms with van der Waals surface area (Å²) in [7, 11) is 0. The maximum absolute atomic E-state index is 12.2. The largest absolute Gasteiger partial charge is 0.324 e. The van der Waals surface area contributed by atoms with Gasteiger partial charge in [0.05, 0.1) is 23.0 Å². The van der Waals surface area contributed by atoms with E-state index in [-0.39, 0.29) is 24.3 Å². The molecular formula is C16H14N4O3. The maximum Gasteiger partial charge on any atom is 0.261 e. The van der Waals surface area contributed by atoms with Gasteiger partial charge in [0.1, 0.15) is 0 Å². The van der Waals surface area contributed by atoms with E-state index in [4.69, 9.17) is 0 Å². The minimum Gasteiger partial charge on any atom is -0.324 e. The standard InChI is InChI=1S/C16H14N4O3/c1-10(21)18-16-17-9-11(19-16)5-4-8-20-14(22)12-6-2-3-7-13(12)15(20)23/h2-7,9H,8H2,1H3,(H2,17,18,19,21)/b5-4+. The molecule has 2 aromatic rings. The Morgan fingerprint density at radius 2 is 1.91 bits per heavy atom. The number of hydrogen-bond acceptors (Lipinski definition) is 4. The molecule has 2 heterocycles. The lowest BCUT2D eigenvalue weighted by Crippen LogP contribution is -2.29. The third kappa shape index (κ3) is 2.89. The van der Waals surface area contributed by atoms with E-state index < -0.39 is 0 Å². The number of amides is 3. The van der Waals surface area contributed by atoms with Crippen molar-refractivity contribution in [3.63, 3.8) is 0 Å². The number of rotatable bonds is 4. The Labute approximate surface area is 132 Å². The van der Waals surface area contributed by atoms with E-state index in [0.717, 1.165) is 0 Å². The van der Waals surface area contributed by atoms with Crippen LogP contribution in [0, 0.1) is 0 Å². The summed E-state index contributed by atoms with van der Waals surface area (Å²) in [5.74, 6) is -0.462. The zero-order chi connectivity index (χ0) is 16.4. The molecule has 0 saturated heterocycles. The van der Waals surface area contributed by atoms with Gasteiger partial charge in [0.15, 0.2) is 0 Å². The zero-order valence-corrected chi connectivity index (χ0v) is 12.4. The van der Waals surface area contributed by atoms with Gasteiger partial charge in [0, 0.05) is 13.5 Å². The lowest BCUT2D eigenvalue weighted by atomic mass is 10.1. The fourth-order valence-corrected chi connectivity index (χ4v) is 2.34. The van der Waals surface area contributed by atoms with Crippen LogP contribution in [-0.4, -0.2) is 39.1 Å². The summed E-state index contributed by atoms with van der Waals surface area (Å²) in [5.41, 5.74) is 1.52. The third-order valence-electron chi connectivity index (χ3n) is 3.35. The number of fused-ring (bicyclic) bond motifs is 1. The first-order valence-corrected chi connectivity index (χ1v) is 7.00. The highest BCUT2D eigenvalue weighted by atomic mass is 16.2. The lowest BCUT2D eigenvalue weighted by Gasteiger charge is -2.10. The molecule has 0 radical (unpaired) electrons. The van der Waals surface area contributed by atoms with Gasteiger partial charge in [-0.05, 0) is 18.2 Å². The van der Waals surface area contributed by atoms with Gasteiger partial charge in [0.25, 0.3) is 11.8 Å². The van der Waals surface area contributed by atoms with Crippen molar-refractivity contribution in [3.8, 4) is 0 Å². The van der Waals surface area contributed by atoms with Gasteiger partial charge in [-0.15, -0.1) is 0 Å². The van der Waals surface area contributed by atoms with Crippen molar-refractivity contribution in [2.45, 2.75) is 6.92 Å². The highest BCUT2D eigenvalue weighted by Gasteiger charge is 2.34. The average Bonchev–Trinajstić information content (AvgIpc) is 3.05. The number of carbonyl (C=O) groups excluding carboxylic acids is 3. The van der Waals surface area contributed by atoms with Crippen LogP contribution in [0.2, 0.25) is 0 Å². The molecule has 116 valence electrons. The fraction of sp³-hybridized carbons (Fsp3) is 0.125. The number of nitrogens with one attached hydrogen (secondary N) is 2. The first kappa shape index (κ1) is 14.7. The Kier molecular flexibility index (Phi) is 3.76. The number of imidazole rings is 1. The summed E-state index contributed by atoms with van der Waals surface area (Å²) < 4.78 is 0. The van der Waals surface area contributed by atoms with Gasteiger partial charge >= 0.3 is 0 Å². The first-order chi connectivity index (χ1) is 11.1. The van der Waals surface area contributed by atoms with Crippen LogP contribution < -0.4 is 5.32 Å². The molecule has 7 nitrogen and oxygen atoms in total. The molecule has 23 heavy (non-hydrogen) atoms. The quantitative estimate of drug-likeness (QED) is 0.840. The van der Waals surface area contributed by atoms with Crippen LogP contribution in [-0.2, 0) is 4.79 Å². The van der Waals surface area contributed by atoms with Crippen LogP contribution in [0.15, 0.2) is 36.5 Å². The summed E-state index contributed by atoms with van der Waals surface area (Å²) in [5, 5.41) is 2.52. The number of aromatic nitrogens is 2. The topological polar surface area (TPSA) is 95.2 Å². The molecule has 0 atom stereocenters. The minimum atomic E-state index is -0.293. The summed E-state index contributed by atoms with van der Waals surface area (Å²) in [6.07, 6.45) is 4.93. The zero-order valence-electron chi connectivity index (χ0n) is 12.4. The van der Waals surface area contributed by atoms with Gasteiger partial charge in [-0.2, -0.15) is 0 Å². The number of carbonyl (C=O) groups is 3. The molecule has 2 N–H and O–H groups in total. The number of benzene rings is 1. The number of H-pyrrole nitrogens is 1. The smallest absolute Gasteiger partial charge is 0.261 e. The number of nitrogens with zero attached hydrogens (tertiary/aromatic N) is 2. The normalized spacial score (nSPS) is 13.7. The van der Waals surface area contributed by atoms with Crippen LogP contribution in [0.25, 0.3) is 6.08 Å². The van der Waals surface area contributed by atoms with Crippen LogP contribution in [0.5, 0.6) is 0 Å². The highest BCUT2D eigenvalue weighted by Crippen LogP contribution is 2.22. The Morgan fingerprint density at radius 1 is 1.26 bits per heavy atom. The Hall–Kier alpha value is -3.22. The van der Waals surface area contributed by atoms with Crippen LogP contribution >= 0.6 is 0 Å². The summed E-state index contributed by atoms with van der Waals surface area (Å²) >= 11 is 0. The summed E-state index contributed by atoms with van der Waals surface area (Å²) in [6.45, 7) is 1.56. The van der Waals surface area contributed by atoms with Gasteiger partial charge in [0.2, 0.25) is 11.9 Å². The molecule has 1 aromatic heterocycles. The van der Waals surface area contributed by atoms with E-state index >= 15 is 0 Å². The second-order valence-corrected chi connectivity index (χ2v) is 5.04. The molecule has 7 heteroatoms. The van der Waals surface area contributed by atoms with Gasteiger partial charge in [-0.3, -0.25) is 24.6 Å². The van der Waals surface area contributed by atoms with Crippen LogP contribution in [0.3, 0.4) is 0 Å². The van der Waals surface area contributed by atoms with Gasteiger partial charge in [-0.25, -0.2) is 4.98 Å². The second kappa shape index (κ2) is 5.88. The summed E-state index contributed by atoms with van der Waals surface area (Å²) in [4.78, 5) is 43.3. The molecule has 0 aliphatic carbocycles. The second-order valence-electron chi connectivity index (χ2n) is 5.04. The lowest BCUT2D eigenvalue weighted by molar-refractivity contribution is -0.114. The van der Waals surface area contributed by atoms with Crippen molar-refractivity contribution in [2.24, 2.45) is 0 Å². The van der Waals surface area contributed by atoms with Crippen molar-refractivity contribution in [2.75, 3.05) is 11.9 Å². The monoisotopic (exact) mass is 310 g/mol. The summed E-state index contributed by atoms with van der Waals surface area (Å²) in [6, 6.07) is 6.76. The Balaban J connectivity index is 1.67. The van der Waals surface area contributed by atoms with E-state index in [9.17, 15) is 14.4 Å². The molecule has 0 spiro atoms. The molecule has 0 unspecified atom stereocenters. The SMILES string of the molecule is CC(=O)Nc1ncc(/C=C/CN2C(=O)c3ccccc3C2=O)[nH]1. The van der Waals surface area contributed by atoms with Crippen molar-refractivity contribution in [3.05, 3.63) is 53.4 Å². The molecule has 3 amide bonds. The van der Waals surface area contributed by atoms with Gasteiger partial charge in [-0.1, -0.05) is 18.2 Å². The molecule has 0 bridgehead atoms. The van der Waals surface area contributed by atoms with Crippen molar-refractivity contribution in [1.82, 2.24) is 14.9 Å². The van der Waals surface area contributed by atoms with Crippen LogP contribution in [0.4, 0.5) is 5.95 Å². The Morgan fingerprint density at radius 3 is 2.52 bits per heavy atom. The first-order valence-electron chi connectivity index (χ1n) is 7.00. The van der Waals surface area contributed by atoms with E-state index in [2.05, 4.69) is 15.3 Å². The minimum absolute atomic E-state index is 0.167. The number of aromatic amines is 1. The number of hydrogen-bond donors (Lipinski definition) is 2. The highest BCUT2D eigenvalue weighted by molar-refractivity contribution is 6.21. The fourth-order valence-electron chi connectivity index (χ4n) is 2.34. The van der Waals surface area contributed by atoms with Crippen molar-refractivity contribution < 1.29 is 14.4 Å². The van der Waals surface area contributed by atoms with Crippen LogP contribution in [0.1, 0.15) is 33.3 Å². The molecule has 1 aromatic carbocycles. The number of imide groups is 1. The van der Waals surface area contributed by atoms with E-state index in [1.807, 2.05) is 0 Å². The molecule has 1 aliphatic rings. The molecular weight excluding hydrogens is 296 g/mol. The van der Waals surface area contributed by atoms with Crippen molar-refractivity contribution >= 4 is 29.7 Å². The predicted octanol–water partition coefficient (Wildman–Crippen LogP) is 1.68. The molecule has 0 saturated carbocycles. The van der Waals surface area contributed by atoms with E-state index in [1.165, 1.54) is 11.8 Å². The Bertz CT molecular complexity index is 787. The molecule has 1 aliphatic heterocycles. The average molecular weight is 310 g/mol. The number of anilines is 1. The van der Waals surface area contributed by atoms with E-state index in [0.29, 0.717) is 22.8 Å². The third-order valence-corrected chi connectivity index (χ3v) is 3.35. The van der Waals surface area contributed by atoms with Crippen molar-refractivity contribution in [1.29, 1.82) is 0 Å². The predicted molar refractivity (Wildman–Crippen MR) is 83.7 cm³/mol. The molecule has 3 rings (SSSR count).